The van der Waals surface area contributed by atoms with Crippen LogP contribution in [0.25, 0.3) is 0 Å². The van der Waals surface area contributed by atoms with Gasteiger partial charge in [-0.25, -0.2) is 4.79 Å². The first-order valence-electron chi connectivity index (χ1n) is 7.54. The van der Waals surface area contributed by atoms with Gasteiger partial charge < -0.3 is 15.2 Å². The number of para-hydroxylation sites is 1. The number of ether oxygens (including phenoxy) is 1. The molecule has 0 saturated carbocycles. The second-order valence-corrected chi connectivity index (χ2v) is 6.92. The van der Waals surface area contributed by atoms with Crippen LogP contribution in [-0.4, -0.2) is 29.1 Å². The Morgan fingerprint density at radius 3 is 2.64 bits per heavy atom. The van der Waals surface area contributed by atoms with E-state index in [0.717, 1.165) is 12.0 Å². The Morgan fingerprint density at radius 1 is 1.36 bits per heavy atom. The van der Waals surface area contributed by atoms with Crippen molar-refractivity contribution >= 4 is 11.9 Å². The minimum absolute atomic E-state index is 0.0263. The Kier molecular flexibility index (Phi) is 4.74. The van der Waals surface area contributed by atoms with Crippen molar-refractivity contribution < 1.29 is 19.4 Å². The van der Waals surface area contributed by atoms with Gasteiger partial charge in [0, 0.05) is 6.42 Å². The first kappa shape index (κ1) is 16.3. The Morgan fingerprint density at radius 2 is 2.05 bits per heavy atom. The van der Waals surface area contributed by atoms with Crippen LogP contribution in [0.1, 0.15) is 39.2 Å². The van der Waals surface area contributed by atoms with Crippen LogP contribution in [0.4, 0.5) is 0 Å². The number of carboxylic acids is 1. The molecule has 0 fully saturated rings. The van der Waals surface area contributed by atoms with Gasteiger partial charge in [0.15, 0.2) is 6.10 Å². The van der Waals surface area contributed by atoms with E-state index in [1.807, 2.05) is 45.0 Å². The molecule has 2 N–H and O–H groups in total. The molecule has 0 aromatic heterocycles. The lowest BCUT2D eigenvalue weighted by atomic mass is 9.88. The number of aliphatic carboxylic acids is 1. The average Bonchev–Trinajstić information content (AvgIpc) is 2.85. The van der Waals surface area contributed by atoms with Crippen molar-refractivity contribution in [3.05, 3.63) is 29.8 Å². The predicted octanol–water partition coefficient (Wildman–Crippen LogP) is 2.39. The van der Waals surface area contributed by atoms with Crippen LogP contribution < -0.4 is 10.1 Å². The minimum atomic E-state index is -1.01. The second-order valence-electron chi connectivity index (χ2n) is 6.92. The van der Waals surface area contributed by atoms with Gasteiger partial charge in [-0.05, 0) is 29.9 Å². The van der Waals surface area contributed by atoms with E-state index in [9.17, 15) is 14.7 Å². The molecule has 0 bridgehead atoms. The second kappa shape index (κ2) is 6.38. The highest BCUT2D eigenvalue weighted by atomic mass is 16.5. The number of carbonyl (C=O) groups excluding carboxylic acids is 1. The fourth-order valence-electron chi connectivity index (χ4n) is 2.43. The predicted molar refractivity (Wildman–Crippen MR) is 82.8 cm³/mol. The molecule has 1 aromatic rings. The summed E-state index contributed by atoms with van der Waals surface area (Å²) in [7, 11) is 0. The summed E-state index contributed by atoms with van der Waals surface area (Å²) in [6.45, 7) is 6.14. The smallest absolute Gasteiger partial charge is 0.326 e. The topological polar surface area (TPSA) is 75.6 Å². The molecule has 0 saturated heterocycles. The Hall–Kier alpha value is -2.04. The van der Waals surface area contributed by atoms with E-state index in [-0.39, 0.29) is 11.3 Å². The quantitative estimate of drug-likeness (QED) is 0.876. The van der Waals surface area contributed by atoms with Gasteiger partial charge in [0.25, 0.3) is 5.91 Å². The van der Waals surface area contributed by atoms with Gasteiger partial charge >= 0.3 is 5.97 Å². The van der Waals surface area contributed by atoms with Crippen LogP contribution in [-0.2, 0) is 16.0 Å². The van der Waals surface area contributed by atoms with Gasteiger partial charge in [-0.3, -0.25) is 4.79 Å². The van der Waals surface area contributed by atoms with Gasteiger partial charge in [0.1, 0.15) is 11.8 Å². The highest BCUT2D eigenvalue weighted by molar-refractivity contribution is 5.87. The van der Waals surface area contributed by atoms with Crippen LogP contribution in [0.15, 0.2) is 24.3 Å². The number of carboxylic acid groups (broad SMARTS) is 1. The largest absolute Gasteiger partial charge is 0.480 e. The average molecular weight is 305 g/mol. The molecule has 1 aliphatic rings. The van der Waals surface area contributed by atoms with Crippen molar-refractivity contribution in [1.29, 1.82) is 0 Å². The molecule has 0 spiro atoms. The van der Waals surface area contributed by atoms with Crippen molar-refractivity contribution in [1.82, 2.24) is 5.32 Å². The molecule has 120 valence electrons. The van der Waals surface area contributed by atoms with Crippen LogP contribution in [0.2, 0.25) is 0 Å². The fraction of sp³-hybridized carbons (Fsp3) is 0.529. The Bertz CT molecular complexity index is 537. The molecular weight excluding hydrogens is 282 g/mol. The van der Waals surface area contributed by atoms with E-state index in [2.05, 4.69) is 5.32 Å². The van der Waals surface area contributed by atoms with Crippen LogP contribution in [0.3, 0.4) is 0 Å². The van der Waals surface area contributed by atoms with E-state index >= 15 is 0 Å². The zero-order valence-corrected chi connectivity index (χ0v) is 13.3. The van der Waals surface area contributed by atoms with Crippen molar-refractivity contribution in [3.8, 4) is 5.75 Å². The lowest BCUT2D eigenvalue weighted by molar-refractivity contribution is -0.143. The zero-order chi connectivity index (χ0) is 16.3. The lowest BCUT2D eigenvalue weighted by Gasteiger charge is -2.22. The first-order chi connectivity index (χ1) is 10.3. The normalized spacial score (nSPS) is 18.2. The number of hydrogen-bond acceptors (Lipinski definition) is 3. The number of amides is 1. The molecule has 0 radical (unpaired) electrons. The molecule has 2 rings (SSSR count). The molecule has 1 heterocycles. The number of nitrogens with one attached hydrogen (secondary N) is 1. The Labute approximate surface area is 130 Å². The molecule has 22 heavy (non-hydrogen) atoms. The number of benzene rings is 1. The maximum absolute atomic E-state index is 12.3. The third-order valence-electron chi connectivity index (χ3n) is 3.74. The fourth-order valence-corrected chi connectivity index (χ4v) is 2.43. The SMILES string of the molecule is CC(C)(C)CCC(NC(=O)C1Cc2ccccc2O1)C(=O)O. The summed E-state index contributed by atoms with van der Waals surface area (Å²) < 4.78 is 5.59. The van der Waals surface area contributed by atoms with Gasteiger partial charge in [-0.1, -0.05) is 39.0 Å². The molecule has 2 atom stereocenters. The van der Waals surface area contributed by atoms with E-state index in [1.165, 1.54) is 0 Å². The van der Waals surface area contributed by atoms with Gasteiger partial charge in [0.2, 0.25) is 0 Å². The van der Waals surface area contributed by atoms with Crippen LogP contribution >= 0.6 is 0 Å². The monoisotopic (exact) mass is 305 g/mol. The molecule has 1 aliphatic heterocycles. The van der Waals surface area contributed by atoms with Gasteiger partial charge in [-0.15, -0.1) is 0 Å². The summed E-state index contributed by atoms with van der Waals surface area (Å²) in [6, 6.07) is 6.60. The number of hydrogen-bond donors (Lipinski definition) is 2. The van der Waals surface area contributed by atoms with Crippen LogP contribution in [0.5, 0.6) is 5.75 Å². The summed E-state index contributed by atoms with van der Waals surface area (Å²) in [6.07, 6.45) is 0.960. The standard InChI is InChI=1S/C17H23NO4/c1-17(2,3)9-8-12(16(20)21)18-15(19)14-10-11-6-4-5-7-13(11)22-14/h4-7,12,14H,8-10H2,1-3H3,(H,18,19)(H,20,21). The molecule has 5 heteroatoms. The molecule has 1 amide bonds. The maximum Gasteiger partial charge on any atom is 0.326 e. The van der Waals surface area contributed by atoms with E-state index in [4.69, 9.17) is 4.74 Å². The highest BCUT2D eigenvalue weighted by Crippen LogP contribution is 2.28. The highest BCUT2D eigenvalue weighted by Gasteiger charge is 2.32. The number of carbonyl (C=O) groups is 2. The van der Waals surface area contributed by atoms with E-state index in [1.54, 1.807) is 0 Å². The van der Waals surface area contributed by atoms with Crippen molar-refractivity contribution in [2.24, 2.45) is 5.41 Å². The number of rotatable bonds is 5. The molecular formula is C17H23NO4. The third-order valence-corrected chi connectivity index (χ3v) is 3.74. The minimum Gasteiger partial charge on any atom is -0.480 e. The first-order valence-corrected chi connectivity index (χ1v) is 7.54. The van der Waals surface area contributed by atoms with E-state index < -0.39 is 18.1 Å². The van der Waals surface area contributed by atoms with Gasteiger partial charge in [-0.2, -0.15) is 0 Å². The lowest BCUT2D eigenvalue weighted by Crippen LogP contribution is -2.47. The van der Waals surface area contributed by atoms with Crippen molar-refractivity contribution in [2.75, 3.05) is 0 Å². The summed E-state index contributed by atoms with van der Waals surface area (Å²) in [4.78, 5) is 23.6. The molecule has 1 aromatic carbocycles. The molecule has 2 unspecified atom stereocenters. The van der Waals surface area contributed by atoms with Gasteiger partial charge in [0.05, 0.1) is 0 Å². The summed E-state index contributed by atoms with van der Waals surface area (Å²) in [5, 5.41) is 11.9. The Balaban J connectivity index is 1.94. The summed E-state index contributed by atoms with van der Waals surface area (Å²) >= 11 is 0. The maximum atomic E-state index is 12.3. The zero-order valence-electron chi connectivity index (χ0n) is 13.3. The number of fused-ring (bicyclic) bond motifs is 1. The third kappa shape index (κ3) is 4.23. The van der Waals surface area contributed by atoms with Crippen molar-refractivity contribution in [3.63, 3.8) is 0 Å². The summed E-state index contributed by atoms with van der Waals surface area (Å²) in [5.74, 6) is -0.671. The van der Waals surface area contributed by atoms with Crippen LogP contribution in [0, 0.1) is 5.41 Å². The van der Waals surface area contributed by atoms with Crippen molar-refractivity contribution in [2.45, 2.75) is 52.2 Å². The molecule has 0 aliphatic carbocycles. The van der Waals surface area contributed by atoms with E-state index in [0.29, 0.717) is 18.6 Å². The molecule has 5 nitrogen and oxygen atoms in total. The summed E-state index contributed by atoms with van der Waals surface area (Å²) in [5.41, 5.74) is 1.00.